The van der Waals surface area contributed by atoms with Gasteiger partial charge in [0.15, 0.2) is 17.5 Å². The third-order valence-electron chi connectivity index (χ3n) is 4.92. The molecule has 1 amide bonds. The zero-order valence-corrected chi connectivity index (χ0v) is 17.9. The normalized spacial score (nSPS) is 17.1. The lowest BCUT2D eigenvalue weighted by Gasteiger charge is -2.23. The van der Waals surface area contributed by atoms with Crippen LogP contribution in [0, 0.1) is 18.6 Å². The number of aromatic nitrogens is 5. The number of hydroxylamine groups is 1. The summed E-state index contributed by atoms with van der Waals surface area (Å²) < 4.78 is 67.4. The summed E-state index contributed by atoms with van der Waals surface area (Å²) in [6.45, 7) is 2.92. The van der Waals surface area contributed by atoms with Crippen molar-refractivity contribution in [2.45, 2.75) is 26.1 Å². The highest BCUT2D eigenvalue weighted by molar-refractivity contribution is 5.97. The molecule has 0 unspecified atom stereocenters. The molecule has 9 nitrogen and oxygen atoms in total. The number of carbonyl (C=O) groups excluding carboxylic acids is 1. The first-order chi connectivity index (χ1) is 16.0. The fourth-order valence-corrected chi connectivity index (χ4v) is 3.48. The lowest BCUT2D eigenvalue weighted by molar-refractivity contribution is -0.141. The highest BCUT2D eigenvalue weighted by atomic mass is 19.4. The van der Waals surface area contributed by atoms with Crippen molar-refractivity contribution in [3.63, 3.8) is 0 Å². The molecule has 0 aliphatic carbocycles. The van der Waals surface area contributed by atoms with E-state index in [-0.39, 0.29) is 42.5 Å². The number of benzene rings is 1. The summed E-state index contributed by atoms with van der Waals surface area (Å²) in [5.74, 6) is -3.27. The largest absolute Gasteiger partial charge is 0.433 e. The van der Waals surface area contributed by atoms with E-state index in [9.17, 15) is 26.7 Å². The van der Waals surface area contributed by atoms with Crippen LogP contribution in [0.25, 0.3) is 5.69 Å². The van der Waals surface area contributed by atoms with Gasteiger partial charge in [-0.3, -0.25) is 9.63 Å². The highest BCUT2D eigenvalue weighted by Crippen LogP contribution is 2.30. The first kappa shape index (κ1) is 23.5. The minimum absolute atomic E-state index is 0.00144. The number of hydrogen-bond acceptors (Lipinski definition) is 7. The number of halogens is 5. The molecule has 0 bridgehead atoms. The number of aryl methyl sites for hydroxylation is 1. The van der Waals surface area contributed by atoms with Crippen molar-refractivity contribution >= 4 is 11.7 Å². The Hall–Kier alpha value is -3.68. The molecular weight excluding hydrogens is 465 g/mol. The van der Waals surface area contributed by atoms with Crippen LogP contribution in [0.4, 0.5) is 27.8 Å². The summed E-state index contributed by atoms with van der Waals surface area (Å²) in [5.41, 5.74) is -1.38. The second-order valence-electron chi connectivity index (χ2n) is 7.53. The van der Waals surface area contributed by atoms with E-state index in [0.717, 1.165) is 28.1 Å². The molecule has 1 saturated heterocycles. The van der Waals surface area contributed by atoms with Gasteiger partial charge < -0.3 is 4.90 Å². The number of alkyl halides is 3. The van der Waals surface area contributed by atoms with Gasteiger partial charge in [-0.2, -0.15) is 28.2 Å². The van der Waals surface area contributed by atoms with E-state index in [2.05, 4.69) is 20.2 Å². The predicted octanol–water partition coefficient (Wildman–Crippen LogP) is 2.95. The van der Waals surface area contributed by atoms with E-state index in [1.807, 2.05) is 0 Å². The molecule has 2 aromatic heterocycles. The zero-order chi connectivity index (χ0) is 24.6. The molecule has 1 aliphatic heterocycles. The molecule has 0 saturated carbocycles. The SMILES string of the molecule is Cc1nc(N2CCN(C(=O)c3cc(F)c(F)cc3-n3nccn3)C[C@H](C)O2)cc(C(F)(F)F)n1. The zero-order valence-electron chi connectivity index (χ0n) is 17.9. The van der Waals surface area contributed by atoms with Crippen molar-refractivity contribution in [2.75, 3.05) is 24.7 Å². The first-order valence-corrected chi connectivity index (χ1v) is 10.0. The molecule has 3 aromatic rings. The Morgan fingerprint density at radius 1 is 1.06 bits per heavy atom. The second-order valence-corrected chi connectivity index (χ2v) is 7.53. The maximum absolute atomic E-state index is 14.0. The Balaban J connectivity index is 1.62. The van der Waals surface area contributed by atoms with E-state index >= 15 is 0 Å². The molecule has 1 fully saturated rings. The minimum atomic E-state index is -4.68. The molecule has 1 aliphatic rings. The number of hydrogen-bond donors (Lipinski definition) is 0. The number of amides is 1. The van der Waals surface area contributed by atoms with E-state index in [1.54, 1.807) is 6.92 Å². The van der Waals surface area contributed by atoms with E-state index in [0.29, 0.717) is 0 Å². The Bertz CT molecular complexity index is 1200. The van der Waals surface area contributed by atoms with Crippen molar-refractivity contribution < 1.29 is 31.6 Å². The van der Waals surface area contributed by atoms with Gasteiger partial charge >= 0.3 is 6.18 Å². The number of carbonyl (C=O) groups is 1. The first-order valence-electron chi connectivity index (χ1n) is 10.0. The summed E-state index contributed by atoms with van der Waals surface area (Å²) in [5, 5.41) is 8.90. The fraction of sp³-hybridized carbons (Fsp3) is 0.350. The van der Waals surface area contributed by atoms with Gasteiger partial charge in [-0.1, -0.05) is 0 Å². The van der Waals surface area contributed by atoms with Crippen LogP contribution in [-0.2, 0) is 11.0 Å². The van der Waals surface area contributed by atoms with Crippen LogP contribution in [0.15, 0.2) is 30.6 Å². The van der Waals surface area contributed by atoms with Crippen LogP contribution in [0.5, 0.6) is 0 Å². The molecule has 14 heteroatoms. The summed E-state index contributed by atoms with van der Waals surface area (Å²) in [4.78, 5) is 28.7. The Kier molecular flexibility index (Phi) is 6.17. The van der Waals surface area contributed by atoms with Crippen LogP contribution >= 0.6 is 0 Å². The summed E-state index contributed by atoms with van der Waals surface area (Å²) in [6.07, 6.45) is -2.71. The summed E-state index contributed by atoms with van der Waals surface area (Å²) >= 11 is 0. The number of rotatable bonds is 3. The quantitative estimate of drug-likeness (QED) is 0.530. The third kappa shape index (κ3) is 4.81. The second kappa shape index (κ2) is 8.93. The van der Waals surface area contributed by atoms with E-state index < -0.39 is 35.5 Å². The molecule has 4 rings (SSSR count). The topological polar surface area (TPSA) is 89.3 Å². The smallest absolute Gasteiger partial charge is 0.334 e. The molecular formula is C20H18F5N7O2. The average molecular weight is 483 g/mol. The van der Waals surface area contributed by atoms with Gasteiger partial charge in [0, 0.05) is 25.2 Å². The third-order valence-corrected chi connectivity index (χ3v) is 4.92. The van der Waals surface area contributed by atoms with Gasteiger partial charge in [0.25, 0.3) is 5.91 Å². The summed E-state index contributed by atoms with van der Waals surface area (Å²) in [6, 6.07) is 2.33. The lowest BCUT2D eigenvalue weighted by Crippen LogP contribution is -2.37. The van der Waals surface area contributed by atoms with Crippen LogP contribution in [0.1, 0.15) is 28.8 Å². The number of anilines is 1. The predicted molar refractivity (Wildman–Crippen MR) is 107 cm³/mol. The van der Waals surface area contributed by atoms with Crippen molar-refractivity contribution in [3.8, 4) is 5.69 Å². The molecule has 1 aromatic carbocycles. The van der Waals surface area contributed by atoms with Crippen LogP contribution in [0.2, 0.25) is 0 Å². The van der Waals surface area contributed by atoms with Gasteiger partial charge in [-0.15, -0.1) is 0 Å². The maximum Gasteiger partial charge on any atom is 0.433 e. The van der Waals surface area contributed by atoms with Gasteiger partial charge in [-0.25, -0.2) is 23.8 Å². The van der Waals surface area contributed by atoms with Crippen LogP contribution in [0.3, 0.4) is 0 Å². The van der Waals surface area contributed by atoms with E-state index in [1.165, 1.54) is 24.2 Å². The Morgan fingerprint density at radius 3 is 2.41 bits per heavy atom. The monoisotopic (exact) mass is 483 g/mol. The average Bonchev–Trinajstić information content (AvgIpc) is 3.23. The van der Waals surface area contributed by atoms with Crippen molar-refractivity contribution in [2.24, 2.45) is 0 Å². The van der Waals surface area contributed by atoms with Gasteiger partial charge in [0.1, 0.15) is 23.3 Å². The fourth-order valence-electron chi connectivity index (χ4n) is 3.48. The minimum Gasteiger partial charge on any atom is -0.334 e. The van der Waals surface area contributed by atoms with Gasteiger partial charge in [-0.05, 0) is 19.9 Å². The lowest BCUT2D eigenvalue weighted by atomic mass is 10.1. The molecule has 1 atom stereocenters. The molecule has 34 heavy (non-hydrogen) atoms. The van der Waals surface area contributed by atoms with Crippen LogP contribution in [-0.4, -0.2) is 61.5 Å². The van der Waals surface area contributed by atoms with Gasteiger partial charge in [0.05, 0.1) is 24.5 Å². The number of nitrogens with zero attached hydrogens (tertiary/aromatic N) is 7. The molecule has 0 spiro atoms. The Labute approximate surface area is 189 Å². The van der Waals surface area contributed by atoms with Crippen molar-refractivity contribution in [3.05, 3.63) is 59.3 Å². The van der Waals surface area contributed by atoms with Crippen LogP contribution < -0.4 is 5.06 Å². The molecule has 0 radical (unpaired) electrons. The molecule has 0 N–H and O–H groups in total. The van der Waals surface area contributed by atoms with Gasteiger partial charge in [0.2, 0.25) is 0 Å². The molecule has 180 valence electrons. The summed E-state index contributed by atoms with van der Waals surface area (Å²) in [7, 11) is 0. The molecule has 3 heterocycles. The Morgan fingerprint density at radius 2 is 1.74 bits per heavy atom. The van der Waals surface area contributed by atoms with Crippen molar-refractivity contribution in [1.29, 1.82) is 0 Å². The standard InChI is InChI=1S/C20H18F5N7O2/c1-11-10-30(5-6-31(34-11)18-9-17(20(23,24)25)28-12(2)29-18)19(33)13-7-14(21)15(22)8-16(13)32-26-3-4-27-32/h3-4,7-9,11H,5-6,10H2,1-2H3/t11-/m0/s1. The van der Waals surface area contributed by atoms with Crippen molar-refractivity contribution in [1.82, 2.24) is 29.9 Å². The maximum atomic E-state index is 14.0. The highest BCUT2D eigenvalue weighted by Gasteiger charge is 2.35. The van der Waals surface area contributed by atoms with E-state index in [4.69, 9.17) is 4.84 Å².